The van der Waals surface area contributed by atoms with Crippen molar-refractivity contribution in [2.45, 2.75) is 12.8 Å². The molecule has 0 atom stereocenters. The highest BCUT2D eigenvalue weighted by molar-refractivity contribution is 7.16. The van der Waals surface area contributed by atoms with Crippen LogP contribution in [-0.2, 0) is 11.2 Å². The second-order valence-corrected chi connectivity index (χ2v) is 5.67. The number of carbonyl (C=O) groups excluding carboxylic acids is 1. The van der Waals surface area contributed by atoms with E-state index in [0.29, 0.717) is 11.5 Å². The molecule has 3 heterocycles. The zero-order valence-corrected chi connectivity index (χ0v) is 12.6. The summed E-state index contributed by atoms with van der Waals surface area (Å²) in [6.07, 6.45) is 9.88. The van der Waals surface area contributed by atoms with Gasteiger partial charge in [-0.1, -0.05) is 6.07 Å². The Morgan fingerprint density at radius 3 is 3.05 bits per heavy atom. The second-order valence-electron chi connectivity index (χ2n) is 4.64. The van der Waals surface area contributed by atoms with Gasteiger partial charge in [-0.05, 0) is 30.5 Å². The molecule has 0 fully saturated rings. The lowest BCUT2D eigenvalue weighted by atomic mass is 10.2. The van der Waals surface area contributed by atoms with Gasteiger partial charge in [0.05, 0.1) is 19.1 Å². The SMILES string of the molecule is O=C(OCCCc1cccnc1)c1cnc(-c2ccoc2)s1. The van der Waals surface area contributed by atoms with Crippen LogP contribution in [0, 0.1) is 0 Å². The molecule has 22 heavy (non-hydrogen) atoms. The Labute approximate surface area is 131 Å². The highest BCUT2D eigenvalue weighted by Gasteiger charge is 2.13. The molecule has 112 valence electrons. The Morgan fingerprint density at radius 2 is 2.27 bits per heavy atom. The van der Waals surface area contributed by atoms with Crippen LogP contribution in [0.25, 0.3) is 10.6 Å². The number of ether oxygens (including phenoxy) is 1. The van der Waals surface area contributed by atoms with Gasteiger partial charge in [-0.3, -0.25) is 4.98 Å². The molecule has 0 N–H and O–H groups in total. The number of esters is 1. The maximum atomic E-state index is 12.0. The first-order valence-electron chi connectivity index (χ1n) is 6.87. The quantitative estimate of drug-likeness (QED) is 0.514. The number of pyridine rings is 1. The van der Waals surface area contributed by atoms with Crippen molar-refractivity contribution in [3.8, 4) is 10.6 Å². The number of hydrogen-bond acceptors (Lipinski definition) is 6. The zero-order valence-electron chi connectivity index (χ0n) is 11.8. The summed E-state index contributed by atoms with van der Waals surface area (Å²) in [5, 5.41) is 0.746. The minimum absolute atomic E-state index is 0.335. The van der Waals surface area contributed by atoms with Crippen molar-refractivity contribution >= 4 is 17.3 Å². The lowest BCUT2D eigenvalue weighted by Crippen LogP contribution is -2.05. The van der Waals surface area contributed by atoms with Gasteiger partial charge in [0.25, 0.3) is 0 Å². The average Bonchev–Trinajstić information content (AvgIpc) is 3.22. The van der Waals surface area contributed by atoms with Gasteiger partial charge >= 0.3 is 5.97 Å². The average molecular weight is 314 g/mol. The molecule has 0 aliphatic carbocycles. The normalized spacial score (nSPS) is 10.5. The first-order valence-corrected chi connectivity index (χ1v) is 7.69. The van der Waals surface area contributed by atoms with Gasteiger partial charge in [-0.15, -0.1) is 11.3 Å². The molecule has 0 saturated heterocycles. The van der Waals surface area contributed by atoms with Crippen molar-refractivity contribution in [3.05, 3.63) is 59.8 Å². The van der Waals surface area contributed by atoms with E-state index in [1.165, 1.54) is 17.5 Å². The Morgan fingerprint density at radius 1 is 1.32 bits per heavy atom. The van der Waals surface area contributed by atoms with E-state index in [0.717, 1.165) is 29.0 Å². The van der Waals surface area contributed by atoms with Crippen LogP contribution < -0.4 is 0 Å². The van der Waals surface area contributed by atoms with Gasteiger partial charge < -0.3 is 9.15 Å². The third-order valence-corrected chi connectivity index (χ3v) is 4.07. The molecular weight excluding hydrogens is 300 g/mol. The molecule has 3 rings (SSSR count). The predicted molar refractivity (Wildman–Crippen MR) is 82.7 cm³/mol. The molecule has 0 amide bonds. The van der Waals surface area contributed by atoms with Gasteiger partial charge in [0.15, 0.2) is 0 Å². The summed E-state index contributed by atoms with van der Waals surface area (Å²) >= 11 is 1.30. The largest absolute Gasteiger partial charge is 0.472 e. The molecule has 5 nitrogen and oxygen atoms in total. The summed E-state index contributed by atoms with van der Waals surface area (Å²) in [6.45, 7) is 0.382. The maximum absolute atomic E-state index is 12.0. The number of hydrogen-bond donors (Lipinski definition) is 0. The Bertz CT molecular complexity index is 723. The Hall–Kier alpha value is -2.47. The summed E-state index contributed by atoms with van der Waals surface area (Å²) < 4.78 is 10.3. The van der Waals surface area contributed by atoms with E-state index < -0.39 is 0 Å². The molecular formula is C16H14N2O3S. The number of carbonyl (C=O) groups is 1. The fourth-order valence-electron chi connectivity index (χ4n) is 1.95. The topological polar surface area (TPSA) is 65.2 Å². The van der Waals surface area contributed by atoms with Crippen LogP contribution in [0.15, 0.2) is 53.7 Å². The van der Waals surface area contributed by atoms with E-state index in [1.807, 2.05) is 24.4 Å². The molecule has 0 aliphatic heterocycles. The van der Waals surface area contributed by atoms with Crippen molar-refractivity contribution in [3.63, 3.8) is 0 Å². The zero-order chi connectivity index (χ0) is 15.2. The first-order chi connectivity index (χ1) is 10.8. The van der Waals surface area contributed by atoms with Crippen LogP contribution >= 0.6 is 11.3 Å². The van der Waals surface area contributed by atoms with E-state index in [1.54, 1.807) is 18.7 Å². The third kappa shape index (κ3) is 3.59. The van der Waals surface area contributed by atoms with E-state index >= 15 is 0 Å². The number of thiazole rings is 1. The van der Waals surface area contributed by atoms with E-state index in [4.69, 9.17) is 9.15 Å². The molecule has 0 aliphatic rings. The molecule has 0 saturated carbocycles. The van der Waals surface area contributed by atoms with Crippen molar-refractivity contribution in [2.24, 2.45) is 0 Å². The second kappa shape index (κ2) is 7.00. The highest BCUT2D eigenvalue weighted by atomic mass is 32.1. The first kappa shape index (κ1) is 14.5. The van der Waals surface area contributed by atoms with Crippen LogP contribution in [-0.4, -0.2) is 22.5 Å². The van der Waals surface area contributed by atoms with E-state index in [9.17, 15) is 4.79 Å². The predicted octanol–water partition coefficient (Wildman–Crippen LogP) is 3.59. The molecule has 3 aromatic rings. The third-order valence-electron chi connectivity index (χ3n) is 3.04. The van der Waals surface area contributed by atoms with Crippen molar-refractivity contribution in [2.75, 3.05) is 6.61 Å². The van der Waals surface area contributed by atoms with E-state index in [-0.39, 0.29) is 5.97 Å². The Balaban J connectivity index is 1.48. The molecule has 6 heteroatoms. The van der Waals surface area contributed by atoms with Crippen LogP contribution in [0.5, 0.6) is 0 Å². The molecule has 0 radical (unpaired) electrons. The maximum Gasteiger partial charge on any atom is 0.349 e. The highest BCUT2D eigenvalue weighted by Crippen LogP contribution is 2.25. The van der Waals surface area contributed by atoms with Crippen molar-refractivity contribution < 1.29 is 13.9 Å². The van der Waals surface area contributed by atoms with Crippen LogP contribution in [0.1, 0.15) is 21.7 Å². The standard InChI is InChI=1S/C16H14N2O3S/c19-16(21-7-2-4-12-3-1-6-17-9-12)14-10-18-15(22-14)13-5-8-20-11-13/h1,3,5-6,8-11H,2,4,7H2. The van der Waals surface area contributed by atoms with Gasteiger partial charge in [-0.2, -0.15) is 0 Å². The van der Waals surface area contributed by atoms with E-state index in [2.05, 4.69) is 9.97 Å². The molecule has 3 aromatic heterocycles. The number of furan rings is 1. The molecule has 0 bridgehead atoms. The summed E-state index contributed by atoms with van der Waals surface area (Å²) in [6, 6.07) is 5.72. The van der Waals surface area contributed by atoms with Crippen molar-refractivity contribution in [1.82, 2.24) is 9.97 Å². The fourth-order valence-corrected chi connectivity index (χ4v) is 2.74. The Kier molecular flexibility index (Phi) is 4.60. The monoisotopic (exact) mass is 314 g/mol. The van der Waals surface area contributed by atoms with Crippen LogP contribution in [0.4, 0.5) is 0 Å². The minimum Gasteiger partial charge on any atom is -0.472 e. The van der Waals surface area contributed by atoms with Crippen LogP contribution in [0.2, 0.25) is 0 Å². The molecule has 0 unspecified atom stereocenters. The van der Waals surface area contributed by atoms with Crippen LogP contribution in [0.3, 0.4) is 0 Å². The summed E-state index contributed by atoms with van der Waals surface area (Å²) in [7, 11) is 0. The number of nitrogens with zero attached hydrogens (tertiary/aromatic N) is 2. The number of rotatable bonds is 6. The summed E-state index contributed by atoms with van der Waals surface area (Å²) in [5.74, 6) is -0.335. The van der Waals surface area contributed by atoms with Crippen molar-refractivity contribution in [1.29, 1.82) is 0 Å². The van der Waals surface area contributed by atoms with Gasteiger partial charge in [0.1, 0.15) is 16.1 Å². The minimum atomic E-state index is -0.335. The fraction of sp³-hybridized carbons (Fsp3) is 0.188. The summed E-state index contributed by atoms with van der Waals surface area (Å²) in [5.41, 5.74) is 2.00. The summed E-state index contributed by atoms with van der Waals surface area (Å²) in [4.78, 5) is 20.7. The number of aromatic nitrogens is 2. The molecule has 0 spiro atoms. The van der Waals surface area contributed by atoms with Gasteiger partial charge in [0.2, 0.25) is 0 Å². The smallest absolute Gasteiger partial charge is 0.349 e. The van der Waals surface area contributed by atoms with Gasteiger partial charge in [0, 0.05) is 18.0 Å². The van der Waals surface area contributed by atoms with Gasteiger partial charge in [-0.25, -0.2) is 9.78 Å². The molecule has 0 aromatic carbocycles. The lowest BCUT2D eigenvalue weighted by molar-refractivity contribution is 0.0506. The number of aryl methyl sites for hydroxylation is 1. The lowest BCUT2D eigenvalue weighted by Gasteiger charge is -2.03.